The van der Waals surface area contributed by atoms with Gasteiger partial charge in [-0.15, -0.1) is 0 Å². The van der Waals surface area contributed by atoms with E-state index >= 15 is 0 Å². The molecule has 0 spiro atoms. The molecule has 0 saturated carbocycles. The number of hydrogen-bond acceptors (Lipinski definition) is 3. The zero-order valence-electron chi connectivity index (χ0n) is 12.6. The summed E-state index contributed by atoms with van der Waals surface area (Å²) >= 11 is 0. The van der Waals surface area contributed by atoms with Gasteiger partial charge in [-0.25, -0.2) is 0 Å². The minimum Gasteiger partial charge on any atom is -0.483 e. The zero-order chi connectivity index (χ0) is 15.0. The average molecular weight is 279 g/mol. The lowest BCUT2D eigenvalue weighted by Crippen LogP contribution is -2.37. The Balaban J connectivity index is 2.59. The summed E-state index contributed by atoms with van der Waals surface area (Å²) in [6.45, 7) is 5.97. The van der Waals surface area contributed by atoms with Gasteiger partial charge in [-0.05, 0) is 25.3 Å². The monoisotopic (exact) mass is 279 g/mol. The van der Waals surface area contributed by atoms with E-state index in [0.717, 1.165) is 18.4 Å². The van der Waals surface area contributed by atoms with Crippen LogP contribution in [0.15, 0.2) is 24.3 Å². The number of rotatable bonds is 8. The Morgan fingerprint density at radius 2 is 1.85 bits per heavy atom. The molecule has 1 atom stereocenters. The predicted molar refractivity (Wildman–Crippen MR) is 79.7 cm³/mol. The largest absolute Gasteiger partial charge is 0.483 e. The van der Waals surface area contributed by atoms with Crippen molar-refractivity contribution in [3.8, 4) is 5.75 Å². The Bertz CT molecular complexity index is 416. The molecule has 112 valence electrons. The summed E-state index contributed by atoms with van der Waals surface area (Å²) in [5, 5.41) is 12.8. The van der Waals surface area contributed by atoms with E-state index in [-0.39, 0.29) is 18.6 Å². The SMILES string of the molecule is CCC(CC)NC(=O)COc1ccccc1[C@H](O)CC. The molecule has 1 aromatic rings. The highest BCUT2D eigenvalue weighted by Gasteiger charge is 2.13. The first-order valence-corrected chi connectivity index (χ1v) is 7.31. The van der Waals surface area contributed by atoms with Gasteiger partial charge in [-0.3, -0.25) is 4.79 Å². The Kier molecular flexibility index (Phi) is 7.09. The van der Waals surface area contributed by atoms with E-state index in [1.54, 1.807) is 6.07 Å². The second kappa shape index (κ2) is 8.59. The molecular weight excluding hydrogens is 254 g/mol. The molecule has 0 aliphatic carbocycles. The Morgan fingerprint density at radius 3 is 2.45 bits per heavy atom. The number of ether oxygens (including phenoxy) is 1. The molecule has 4 nitrogen and oxygen atoms in total. The third-order valence-corrected chi connectivity index (χ3v) is 3.37. The quantitative estimate of drug-likeness (QED) is 0.769. The van der Waals surface area contributed by atoms with E-state index in [1.165, 1.54) is 0 Å². The summed E-state index contributed by atoms with van der Waals surface area (Å²) in [5.41, 5.74) is 0.727. The maximum Gasteiger partial charge on any atom is 0.258 e. The van der Waals surface area contributed by atoms with Gasteiger partial charge in [0, 0.05) is 11.6 Å². The molecule has 1 aromatic carbocycles. The molecule has 2 N–H and O–H groups in total. The molecule has 1 rings (SSSR count). The third kappa shape index (κ3) is 4.85. The van der Waals surface area contributed by atoms with Crippen molar-refractivity contribution in [1.82, 2.24) is 5.32 Å². The van der Waals surface area contributed by atoms with Gasteiger partial charge >= 0.3 is 0 Å². The highest BCUT2D eigenvalue weighted by atomic mass is 16.5. The molecule has 0 radical (unpaired) electrons. The van der Waals surface area contributed by atoms with Crippen LogP contribution in [0, 0.1) is 0 Å². The van der Waals surface area contributed by atoms with Gasteiger partial charge in [-0.2, -0.15) is 0 Å². The van der Waals surface area contributed by atoms with Gasteiger partial charge in [0.1, 0.15) is 5.75 Å². The number of carbonyl (C=O) groups is 1. The molecule has 0 heterocycles. The first-order valence-electron chi connectivity index (χ1n) is 7.31. The van der Waals surface area contributed by atoms with Crippen molar-refractivity contribution in [2.45, 2.75) is 52.2 Å². The molecule has 0 aliphatic heterocycles. The van der Waals surface area contributed by atoms with E-state index < -0.39 is 6.10 Å². The summed E-state index contributed by atoms with van der Waals surface area (Å²) < 4.78 is 5.54. The second-order valence-electron chi connectivity index (χ2n) is 4.83. The number of carbonyl (C=O) groups excluding carboxylic acids is 1. The maximum absolute atomic E-state index is 11.8. The molecule has 0 aliphatic rings. The fraction of sp³-hybridized carbons (Fsp3) is 0.562. The first-order chi connectivity index (χ1) is 9.62. The zero-order valence-corrected chi connectivity index (χ0v) is 12.6. The maximum atomic E-state index is 11.8. The molecular formula is C16H25NO3. The van der Waals surface area contributed by atoms with Gasteiger partial charge < -0.3 is 15.2 Å². The lowest BCUT2D eigenvalue weighted by atomic mass is 10.1. The van der Waals surface area contributed by atoms with Crippen molar-refractivity contribution in [3.05, 3.63) is 29.8 Å². The van der Waals surface area contributed by atoms with Crippen LogP contribution in [0.4, 0.5) is 0 Å². The van der Waals surface area contributed by atoms with Crippen molar-refractivity contribution in [2.75, 3.05) is 6.61 Å². The normalized spacial score (nSPS) is 12.2. The standard InChI is InChI=1S/C16H25NO3/c1-4-12(5-2)17-16(19)11-20-15-10-8-7-9-13(15)14(18)6-3/h7-10,12,14,18H,4-6,11H2,1-3H3,(H,17,19)/t14-/m1/s1. The highest BCUT2D eigenvalue weighted by Crippen LogP contribution is 2.26. The Hall–Kier alpha value is -1.55. The summed E-state index contributed by atoms with van der Waals surface area (Å²) in [5.74, 6) is 0.445. The van der Waals surface area contributed by atoms with Crippen LogP contribution in [0.2, 0.25) is 0 Å². The van der Waals surface area contributed by atoms with Gasteiger partial charge in [0.15, 0.2) is 6.61 Å². The Morgan fingerprint density at radius 1 is 1.20 bits per heavy atom. The fourth-order valence-corrected chi connectivity index (χ4v) is 2.01. The minimum absolute atomic E-state index is 0.0239. The fourth-order valence-electron chi connectivity index (χ4n) is 2.01. The molecule has 0 saturated heterocycles. The number of amides is 1. The molecule has 0 unspecified atom stereocenters. The number of aliphatic hydroxyl groups excluding tert-OH is 1. The molecule has 1 amide bonds. The molecule has 20 heavy (non-hydrogen) atoms. The van der Waals surface area contributed by atoms with E-state index in [1.807, 2.05) is 39.0 Å². The van der Waals surface area contributed by atoms with Gasteiger partial charge in [0.05, 0.1) is 6.10 Å². The van der Waals surface area contributed by atoms with E-state index in [4.69, 9.17) is 4.74 Å². The van der Waals surface area contributed by atoms with Crippen LogP contribution in [0.3, 0.4) is 0 Å². The van der Waals surface area contributed by atoms with Crippen LogP contribution in [-0.2, 0) is 4.79 Å². The third-order valence-electron chi connectivity index (χ3n) is 3.37. The van der Waals surface area contributed by atoms with Crippen molar-refractivity contribution < 1.29 is 14.6 Å². The topological polar surface area (TPSA) is 58.6 Å². The molecule has 0 fully saturated rings. The smallest absolute Gasteiger partial charge is 0.258 e. The second-order valence-corrected chi connectivity index (χ2v) is 4.83. The first kappa shape index (κ1) is 16.5. The van der Waals surface area contributed by atoms with E-state index in [9.17, 15) is 9.90 Å². The van der Waals surface area contributed by atoms with Crippen molar-refractivity contribution >= 4 is 5.91 Å². The highest BCUT2D eigenvalue weighted by molar-refractivity contribution is 5.77. The van der Waals surface area contributed by atoms with Crippen molar-refractivity contribution in [2.24, 2.45) is 0 Å². The van der Waals surface area contributed by atoms with E-state index in [0.29, 0.717) is 12.2 Å². The lowest BCUT2D eigenvalue weighted by Gasteiger charge is -2.17. The average Bonchev–Trinajstić information content (AvgIpc) is 2.50. The molecule has 4 heteroatoms. The van der Waals surface area contributed by atoms with Gasteiger partial charge in [0.2, 0.25) is 0 Å². The summed E-state index contributed by atoms with van der Waals surface area (Å²) in [6.07, 6.45) is 1.87. The van der Waals surface area contributed by atoms with Gasteiger partial charge in [-0.1, -0.05) is 39.0 Å². The Labute approximate surface area is 121 Å². The summed E-state index contributed by atoms with van der Waals surface area (Å²) in [7, 11) is 0. The van der Waals surface area contributed by atoms with Crippen molar-refractivity contribution in [3.63, 3.8) is 0 Å². The number of nitrogens with one attached hydrogen (secondary N) is 1. The van der Waals surface area contributed by atoms with Gasteiger partial charge in [0.25, 0.3) is 5.91 Å². The van der Waals surface area contributed by atoms with Crippen LogP contribution in [0.1, 0.15) is 51.7 Å². The van der Waals surface area contributed by atoms with Crippen LogP contribution < -0.4 is 10.1 Å². The predicted octanol–water partition coefficient (Wildman–Crippen LogP) is 2.81. The summed E-state index contributed by atoms with van der Waals surface area (Å²) in [4.78, 5) is 11.8. The number of aliphatic hydroxyl groups is 1. The van der Waals surface area contributed by atoms with Crippen LogP contribution in [0.5, 0.6) is 5.75 Å². The number of benzene rings is 1. The molecule has 0 bridgehead atoms. The number of para-hydroxylation sites is 1. The number of hydrogen-bond donors (Lipinski definition) is 2. The lowest BCUT2D eigenvalue weighted by molar-refractivity contribution is -0.123. The summed E-state index contributed by atoms with van der Waals surface area (Å²) in [6, 6.07) is 7.48. The van der Waals surface area contributed by atoms with Crippen LogP contribution in [-0.4, -0.2) is 23.7 Å². The van der Waals surface area contributed by atoms with Crippen molar-refractivity contribution in [1.29, 1.82) is 0 Å². The molecule has 0 aromatic heterocycles. The minimum atomic E-state index is -0.562. The van der Waals surface area contributed by atoms with Crippen LogP contribution >= 0.6 is 0 Å². The van der Waals surface area contributed by atoms with Crippen LogP contribution in [0.25, 0.3) is 0 Å². The van der Waals surface area contributed by atoms with E-state index in [2.05, 4.69) is 5.32 Å².